The highest BCUT2D eigenvalue weighted by molar-refractivity contribution is 5.35. The molecule has 0 bridgehead atoms. The van der Waals surface area contributed by atoms with E-state index in [-0.39, 0.29) is 0 Å². The van der Waals surface area contributed by atoms with Crippen LogP contribution in [0.1, 0.15) is 24.9 Å². The molecule has 5 nitrogen and oxygen atoms in total. The Labute approximate surface area is 115 Å². The first-order valence-corrected chi connectivity index (χ1v) is 7.29. The van der Waals surface area contributed by atoms with Gasteiger partial charge < -0.3 is 15.5 Å². The molecule has 1 aromatic rings. The number of aryl methyl sites for hydroxylation is 2. The molecule has 0 aromatic carbocycles. The van der Waals surface area contributed by atoms with Gasteiger partial charge in [-0.2, -0.15) is 0 Å². The third kappa shape index (κ3) is 4.76. The number of rotatable bonds is 6. The van der Waals surface area contributed by atoms with Crippen LogP contribution >= 0.6 is 0 Å². The summed E-state index contributed by atoms with van der Waals surface area (Å²) in [5, 5.41) is 6.78. The van der Waals surface area contributed by atoms with Gasteiger partial charge in [0.15, 0.2) is 0 Å². The third-order valence-electron chi connectivity index (χ3n) is 3.42. The average molecular weight is 263 g/mol. The fourth-order valence-corrected chi connectivity index (χ4v) is 2.36. The van der Waals surface area contributed by atoms with E-state index < -0.39 is 0 Å². The van der Waals surface area contributed by atoms with E-state index >= 15 is 0 Å². The molecular weight excluding hydrogens is 238 g/mol. The largest absolute Gasteiger partial charge is 0.370 e. The van der Waals surface area contributed by atoms with E-state index in [9.17, 15) is 0 Å². The maximum atomic E-state index is 4.42. The predicted molar refractivity (Wildman–Crippen MR) is 78.6 cm³/mol. The van der Waals surface area contributed by atoms with Gasteiger partial charge in [-0.05, 0) is 26.3 Å². The number of nitrogens with zero attached hydrogens (tertiary/aromatic N) is 3. The summed E-state index contributed by atoms with van der Waals surface area (Å²) in [4.78, 5) is 11.3. The number of anilines is 1. The second-order valence-electron chi connectivity index (χ2n) is 5.02. The Kier molecular flexibility index (Phi) is 5.54. The van der Waals surface area contributed by atoms with Gasteiger partial charge in [-0.15, -0.1) is 0 Å². The molecule has 1 aliphatic heterocycles. The second kappa shape index (κ2) is 7.40. The van der Waals surface area contributed by atoms with E-state index in [0.29, 0.717) is 0 Å². The van der Waals surface area contributed by atoms with Crippen LogP contribution in [-0.4, -0.2) is 54.1 Å². The van der Waals surface area contributed by atoms with Crippen molar-refractivity contribution in [1.29, 1.82) is 0 Å². The van der Waals surface area contributed by atoms with E-state index in [1.165, 1.54) is 19.6 Å². The van der Waals surface area contributed by atoms with Crippen LogP contribution in [0.15, 0.2) is 6.07 Å². The van der Waals surface area contributed by atoms with Gasteiger partial charge in [0.05, 0.1) is 0 Å². The van der Waals surface area contributed by atoms with E-state index in [2.05, 4.69) is 38.5 Å². The summed E-state index contributed by atoms with van der Waals surface area (Å²) in [7, 11) is 0. The second-order valence-corrected chi connectivity index (χ2v) is 5.02. The molecule has 0 amide bonds. The highest BCUT2D eigenvalue weighted by Gasteiger charge is 2.08. The maximum absolute atomic E-state index is 4.42. The SMILES string of the molecule is CCc1cc(NCCCN2CCNCC2)nc(C)n1. The molecule has 0 radical (unpaired) electrons. The quantitative estimate of drug-likeness (QED) is 0.752. The summed E-state index contributed by atoms with van der Waals surface area (Å²) in [5.41, 5.74) is 1.11. The van der Waals surface area contributed by atoms with Gasteiger partial charge in [0.25, 0.3) is 0 Å². The Morgan fingerprint density at radius 1 is 1.32 bits per heavy atom. The molecule has 0 atom stereocenters. The van der Waals surface area contributed by atoms with E-state index in [1.54, 1.807) is 0 Å². The van der Waals surface area contributed by atoms with Gasteiger partial charge in [0.1, 0.15) is 11.6 Å². The molecule has 0 saturated carbocycles. The number of hydrogen-bond donors (Lipinski definition) is 2. The predicted octanol–water partition coefficient (Wildman–Crippen LogP) is 1.05. The molecule has 19 heavy (non-hydrogen) atoms. The van der Waals surface area contributed by atoms with Crippen molar-refractivity contribution in [2.24, 2.45) is 0 Å². The smallest absolute Gasteiger partial charge is 0.129 e. The average Bonchev–Trinajstić information content (AvgIpc) is 2.44. The lowest BCUT2D eigenvalue weighted by Crippen LogP contribution is -2.44. The summed E-state index contributed by atoms with van der Waals surface area (Å²) in [6.07, 6.45) is 2.11. The fourth-order valence-electron chi connectivity index (χ4n) is 2.36. The Balaban J connectivity index is 1.71. The first kappa shape index (κ1) is 14.2. The lowest BCUT2D eigenvalue weighted by Gasteiger charge is -2.27. The highest BCUT2D eigenvalue weighted by Crippen LogP contribution is 2.07. The Bertz CT molecular complexity index is 387. The van der Waals surface area contributed by atoms with Crippen molar-refractivity contribution in [2.75, 3.05) is 44.6 Å². The standard InChI is InChI=1S/C14H25N5/c1-3-13-11-14(18-12(2)17-13)16-5-4-8-19-9-6-15-7-10-19/h11,15H,3-10H2,1-2H3,(H,16,17,18). The van der Waals surface area contributed by atoms with Gasteiger partial charge in [0.2, 0.25) is 0 Å². The van der Waals surface area contributed by atoms with Gasteiger partial charge in [-0.3, -0.25) is 0 Å². The van der Waals surface area contributed by atoms with E-state index in [4.69, 9.17) is 0 Å². The summed E-state index contributed by atoms with van der Waals surface area (Å²) in [6.45, 7) is 10.8. The van der Waals surface area contributed by atoms with Crippen LogP contribution in [0.4, 0.5) is 5.82 Å². The van der Waals surface area contributed by atoms with Crippen molar-refractivity contribution in [3.8, 4) is 0 Å². The summed E-state index contributed by atoms with van der Waals surface area (Å²) >= 11 is 0. The number of hydrogen-bond acceptors (Lipinski definition) is 5. The van der Waals surface area contributed by atoms with Gasteiger partial charge in [-0.25, -0.2) is 9.97 Å². The molecule has 1 aromatic heterocycles. The zero-order chi connectivity index (χ0) is 13.5. The third-order valence-corrected chi connectivity index (χ3v) is 3.42. The molecule has 2 N–H and O–H groups in total. The topological polar surface area (TPSA) is 53.1 Å². The summed E-state index contributed by atoms with van der Waals surface area (Å²) in [5.74, 6) is 1.81. The summed E-state index contributed by atoms with van der Waals surface area (Å²) in [6, 6.07) is 2.05. The zero-order valence-electron chi connectivity index (χ0n) is 12.1. The minimum atomic E-state index is 0.851. The van der Waals surface area contributed by atoms with Gasteiger partial charge >= 0.3 is 0 Å². The van der Waals surface area contributed by atoms with Crippen molar-refractivity contribution < 1.29 is 0 Å². The lowest BCUT2D eigenvalue weighted by molar-refractivity contribution is 0.240. The van der Waals surface area contributed by atoms with Crippen LogP contribution in [0, 0.1) is 6.92 Å². The van der Waals surface area contributed by atoms with Crippen LogP contribution in [0.5, 0.6) is 0 Å². The Morgan fingerprint density at radius 2 is 2.11 bits per heavy atom. The normalized spacial score (nSPS) is 16.5. The summed E-state index contributed by atoms with van der Waals surface area (Å²) < 4.78 is 0. The molecule has 2 heterocycles. The van der Waals surface area contributed by atoms with Crippen LogP contribution in [-0.2, 0) is 6.42 Å². The van der Waals surface area contributed by atoms with Crippen molar-refractivity contribution in [1.82, 2.24) is 20.2 Å². The first-order valence-electron chi connectivity index (χ1n) is 7.29. The van der Waals surface area contributed by atoms with E-state index in [1.807, 2.05) is 6.92 Å². The van der Waals surface area contributed by atoms with Crippen molar-refractivity contribution in [3.05, 3.63) is 17.6 Å². The van der Waals surface area contributed by atoms with E-state index in [0.717, 1.165) is 49.8 Å². The van der Waals surface area contributed by atoms with Gasteiger partial charge in [-0.1, -0.05) is 6.92 Å². The van der Waals surface area contributed by atoms with Crippen LogP contribution in [0.2, 0.25) is 0 Å². The monoisotopic (exact) mass is 263 g/mol. The number of nitrogens with one attached hydrogen (secondary N) is 2. The van der Waals surface area contributed by atoms with Crippen LogP contribution in [0.3, 0.4) is 0 Å². The molecule has 0 spiro atoms. The minimum absolute atomic E-state index is 0.851. The molecule has 0 aliphatic carbocycles. The van der Waals surface area contributed by atoms with Crippen molar-refractivity contribution in [3.63, 3.8) is 0 Å². The molecule has 1 aliphatic rings. The molecule has 0 unspecified atom stereocenters. The highest BCUT2D eigenvalue weighted by atomic mass is 15.2. The maximum Gasteiger partial charge on any atom is 0.129 e. The molecule has 106 valence electrons. The van der Waals surface area contributed by atoms with Crippen molar-refractivity contribution in [2.45, 2.75) is 26.7 Å². The Morgan fingerprint density at radius 3 is 2.84 bits per heavy atom. The molecule has 1 fully saturated rings. The van der Waals surface area contributed by atoms with Crippen molar-refractivity contribution >= 4 is 5.82 Å². The van der Waals surface area contributed by atoms with Crippen LogP contribution < -0.4 is 10.6 Å². The zero-order valence-corrected chi connectivity index (χ0v) is 12.1. The first-order chi connectivity index (χ1) is 9.28. The van der Waals surface area contributed by atoms with Gasteiger partial charge in [0, 0.05) is 44.5 Å². The molecule has 5 heteroatoms. The molecule has 2 rings (SSSR count). The molecule has 1 saturated heterocycles. The lowest BCUT2D eigenvalue weighted by atomic mass is 10.3. The fraction of sp³-hybridized carbons (Fsp3) is 0.714. The number of piperazine rings is 1. The van der Waals surface area contributed by atoms with Crippen LogP contribution in [0.25, 0.3) is 0 Å². The number of aromatic nitrogens is 2. The minimum Gasteiger partial charge on any atom is -0.370 e. The molecular formula is C14H25N5. The Hall–Kier alpha value is -1.20.